The smallest absolute Gasteiger partial charge is 0.332 e. The number of rotatable bonds is 1. The van der Waals surface area contributed by atoms with Gasteiger partial charge in [0, 0.05) is 0 Å². The zero-order valence-electron chi connectivity index (χ0n) is 7.38. The van der Waals surface area contributed by atoms with E-state index in [1.54, 1.807) is 0 Å². The quantitative estimate of drug-likeness (QED) is 0.436. The van der Waals surface area contributed by atoms with Gasteiger partial charge in [-0.15, -0.1) is 0 Å². The van der Waals surface area contributed by atoms with Crippen LogP contribution in [0.2, 0.25) is 0 Å². The minimum atomic E-state index is 0. The van der Waals surface area contributed by atoms with Gasteiger partial charge in [-0.05, 0) is 0 Å². The molecule has 0 aliphatic rings. The van der Waals surface area contributed by atoms with E-state index in [0.717, 1.165) is 0 Å². The Hall–Kier alpha value is -0.0138. The van der Waals surface area contributed by atoms with Crippen LogP contribution in [0.25, 0.3) is 0 Å². The van der Waals surface area contributed by atoms with Crippen LogP contribution >= 0.6 is 0 Å². The SMILES string of the molecule is C[CH-]CC.[Mg+2].[c-]1ccccc1. The van der Waals surface area contributed by atoms with Crippen molar-refractivity contribution in [2.24, 2.45) is 0 Å². The minimum Gasteiger partial charge on any atom is -0.332 e. The zero-order valence-corrected chi connectivity index (χ0v) is 8.79. The third kappa shape index (κ3) is 13.0. The molecule has 0 atom stereocenters. The van der Waals surface area contributed by atoms with Gasteiger partial charge >= 0.3 is 23.1 Å². The number of hydrogen-bond acceptors (Lipinski definition) is 0. The maximum atomic E-state index is 2.89. The third-order valence-electron chi connectivity index (χ3n) is 1.02. The summed E-state index contributed by atoms with van der Waals surface area (Å²) in [7, 11) is 0. The summed E-state index contributed by atoms with van der Waals surface area (Å²) in [6, 6.07) is 12.5. The molecule has 56 valence electrons. The number of unbranched alkanes of at least 4 members (excludes halogenated alkanes) is 1. The molecule has 11 heavy (non-hydrogen) atoms. The Morgan fingerprint density at radius 2 is 1.64 bits per heavy atom. The molecular formula is C10H14Mg. The van der Waals surface area contributed by atoms with Crippen molar-refractivity contribution in [2.75, 3.05) is 0 Å². The molecule has 0 amide bonds. The van der Waals surface area contributed by atoms with Crippen molar-refractivity contribution in [3.05, 3.63) is 42.8 Å². The molecule has 0 nitrogen and oxygen atoms in total. The summed E-state index contributed by atoms with van der Waals surface area (Å²) in [5.74, 6) is 0. The fourth-order valence-electron chi connectivity index (χ4n) is 0.342. The first-order chi connectivity index (χ1) is 4.91. The molecule has 1 aromatic rings. The van der Waals surface area contributed by atoms with Crippen molar-refractivity contribution in [3.63, 3.8) is 0 Å². The van der Waals surface area contributed by atoms with Gasteiger partial charge < -0.3 is 6.42 Å². The summed E-state index contributed by atoms with van der Waals surface area (Å²) in [5.41, 5.74) is 0. The summed E-state index contributed by atoms with van der Waals surface area (Å²) in [4.78, 5) is 0. The van der Waals surface area contributed by atoms with E-state index in [-0.39, 0.29) is 23.1 Å². The summed E-state index contributed by atoms with van der Waals surface area (Å²) in [6.45, 7) is 4.18. The van der Waals surface area contributed by atoms with Gasteiger partial charge in [-0.3, -0.25) is 0 Å². The largest absolute Gasteiger partial charge is 2.00 e. The Kier molecular flexibility index (Phi) is 15.6. The Balaban J connectivity index is 0. The summed E-state index contributed by atoms with van der Waals surface area (Å²) in [5, 5.41) is 0. The Bertz CT molecular complexity index is 96.8. The topological polar surface area (TPSA) is 0 Å². The van der Waals surface area contributed by atoms with Crippen LogP contribution in [-0.4, -0.2) is 23.1 Å². The molecule has 0 unspecified atom stereocenters. The van der Waals surface area contributed by atoms with E-state index in [9.17, 15) is 0 Å². The van der Waals surface area contributed by atoms with Gasteiger partial charge in [0.2, 0.25) is 0 Å². The first-order valence-electron chi connectivity index (χ1n) is 3.60. The minimum absolute atomic E-state index is 0. The monoisotopic (exact) mass is 158 g/mol. The first kappa shape index (κ1) is 13.6. The van der Waals surface area contributed by atoms with Gasteiger partial charge in [0.25, 0.3) is 0 Å². The van der Waals surface area contributed by atoms with E-state index in [1.807, 2.05) is 30.3 Å². The Morgan fingerprint density at radius 3 is 1.73 bits per heavy atom. The van der Waals surface area contributed by atoms with E-state index in [1.165, 1.54) is 6.42 Å². The van der Waals surface area contributed by atoms with Gasteiger partial charge in [-0.2, -0.15) is 49.7 Å². The van der Waals surface area contributed by atoms with Crippen LogP contribution in [0.1, 0.15) is 20.3 Å². The van der Waals surface area contributed by atoms with Crippen LogP contribution in [0.15, 0.2) is 30.3 Å². The molecular weight excluding hydrogens is 144 g/mol. The number of benzene rings is 1. The van der Waals surface area contributed by atoms with E-state index in [4.69, 9.17) is 0 Å². The molecule has 0 heterocycles. The zero-order chi connectivity index (χ0) is 7.66. The molecule has 0 spiro atoms. The molecule has 0 aliphatic heterocycles. The maximum absolute atomic E-state index is 2.89. The van der Waals surface area contributed by atoms with Gasteiger partial charge in [0.15, 0.2) is 0 Å². The molecule has 1 rings (SSSR count). The normalized spacial score (nSPS) is 7.09. The van der Waals surface area contributed by atoms with Crippen molar-refractivity contribution < 1.29 is 0 Å². The number of hydrogen-bond donors (Lipinski definition) is 0. The molecule has 0 N–H and O–H groups in total. The second-order valence-electron chi connectivity index (χ2n) is 1.89. The molecule has 0 aromatic heterocycles. The fourth-order valence-corrected chi connectivity index (χ4v) is 0.342. The predicted octanol–water partition coefficient (Wildman–Crippen LogP) is 2.73. The molecule has 0 saturated carbocycles. The molecule has 0 bridgehead atoms. The van der Waals surface area contributed by atoms with Crippen LogP contribution in [0.5, 0.6) is 0 Å². The summed E-state index contributed by atoms with van der Waals surface area (Å²) < 4.78 is 0. The third-order valence-corrected chi connectivity index (χ3v) is 1.02. The second kappa shape index (κ2) is 12.6. The summed E-state index contributed by atoms with van der Waals surface area (Å²) in [6.07, 6.45) is 3.32. The van der Waals surface area contributed by atoms with Gasteiger partial charge in [0.05, 0.1) is 0 Å². The standard InChI is InChI=1S/C6H5.C4H9.Mg/c1-2-4-6-5-3-1;1-3-4-2;/h1-5H;3H,4H2,1-2H3;/q2*-1;+2. The Labute approximate surface area is 86.2 Å². The van der Waals surface area contributed by atoms with Crippen LogP contribution in [-0.2, 0) is 0 Å². The van der Waals surface area contributed by atoms with Crippen molar-refractivity contribution in [1.82, 2.24) is 0 Å². The molecule has 0 radical (unpaired) electrons. The Morgan fingerprint density at radius 1 is 1.18 bits per heavy atom. The molecule has 0 aliphatic carbocycles. The van der Waals surface area contributed by atoms with Crippen LogP contribution in [0.4, 0.5) is 0 Å². The van der Waals surface area contributed by atoms with E-state index >= 15 is 0 Å². The van der Waals surface area contributed by atoms with Crippen molar-refractivity contribution in [3.8, 4) is 0 Å². The molecule has 1 aromatic carbocycles. The van der Waals surface area contributed by atoms with E-state index < -0.39 is 0 Å². The van der Waals surface area contributed by atoms with Gasteiger partial charge in [-0.1, -0.05) is 6.92 Å². The molecule has 0 fully saturated rings. The fraction of sp³-hybridized carbons (Fsp3) is 0.300. The average Bonchev–Trinajstić information content (AvgIpc) is 2.08. The molecule has 1 heteroatoms. The van der Waals surface area contributed by atoms with Crippen molar-refractivity contribution in [2.45, 2.75) is 20.3 Å². The predicted molar refractivity (Wildman–Crippen MR) is 51.3 cm³/mol. The van der Waals surface area contributed by atoms with E-state index in [0.29, 0.717) is 0 Å². The maximum Gasteiger partial charge on any atom is 2.00 e. The van der Waals surface area contributed by atoms with Gasteiger partial charge in [-0.25, -0.2) is 0 Å². The van der Waals surface area contributed by atoms with E-state index in [2.05, 4.69) is 26.3 Å². The van der Waals surface area contributed by atoms with Crippen molar-refractivity contribution in [1.29, 1.82) is 0 Å². The van der Waals surface area contributed by atoms with Crippen LogP contribution in [0.3, 0.4) is 0 Å². The second-order valence-corrected chi connectivity index (χ2v) is 1.89. The van der Waals surface area contributed by atoms with Crippen LogP contribution in [0, 0.1) is 12.5 Å². The first-order valence-corrected chi connectivity index (χ1v) is 3.60. The van der Waals surface area contributed by atoms with Crippen LogP contribution < -0.4 is 0 Å². The van der Waals surface area contributed by atoms with Crippen molar-refractivity contribution >= 4 is 23.1 Å². The average molecular weight is 159 g/mol. The van der Waals surface area contributed by atoms with Gasteiger partial charge in [0.1, 0.15) is 0 Å². The molecule has 0 saturated heterocycles. The summed E-state index contributed by atoms with van der Waals surface area (Å²) >= 11 is 0.